The molecule has 0 spiro atoms. The zero-order valence-corrected chi connectivity index (χ0v) is 33.9. The predicted octanol–water partition coefficient (Wildman–Crippen LogP) is 8.41. The molecule has 0 aromatic rings. The fourth-order valence-electron chi connectivity index (χ4n) is 11.9. The van der Waals surface area contributed by atoms with Crippen molar-refractivity contribution >= 4 is 41.7 Å². The molecule has 3 fully saturated rings. The van der Waals surface area contributed by atoms with Gasteiger partial charge in [0.1, 0.15) is 0 Å². The van der Waals surface area contributed by atoms with E-state index in [4.69, 9.17) is 4.84 Å². The van der Waals surface area contributed by atoms with Crippen LogP contribution < -0.4 is 0 Å². The van der Waals surface area contributed by atoms with E-state index in [9.17, 15) is 19.5 Å². The van der Waals surface area contributed by atoms with Crippen molar-refractivity contribution in [3.63, 3.8) is 0 Å². The van der Waals surface area contributed by atoms with Crippen LogP contribution in [0.4, 0.5) is 0 Å². The Balaban J connectivity index is 0.00000600. The lowest BCUT2D eigenvalue weighted by atomic mass is 9.44. The second kappa shape index (κ2) is 15.1. The standard InChI is InChI=1S/C39H66N2O5.HI/c1-12-14-27-24-38(6)28(23-33(27)39(36(44)45,41(9,10)11)34(42)35(43)46-40(7)8)17-18-29-31-20-19-30(26(4)16-13-15-25(2)3)37(31,5)22-21-32(29)38;/h17,25-27,29-33H,12-16,18-24H2,1-11H3;1H/p+1/t26-,27?,29?,30-,31?,32?,33?,37-,38+,39-;/m1./s1. The van der Waals surface area contributed by atoms with Crippen molar-refractivity contribution in [1.82, 2.24) is 5.06 Å². The van der Waals surface area contributed by atoms with Crippen molar-refractivity contribution in [2.45, 2.75) is 124 Å². The third-order valence-corrected chi connectivity index (χ3v) is 13.9. The van der Waals surface area contributed by atoms with Crippen molar-refractivity contribution in [3.05, 3.63) is 11.6 Å². The van der Waals surface area contributed by atoms with E-state index in [1.165, 1.54) is 69.7 Å². The van der Waals surface area contributed by atoms with Crippen molar-refractivity contribution in [3.8, 4) is 0 Å². The highest BCUT2D eigenvalue weighted by atomic mass is 127. The number of ketones is 1. The molecule has 4 rings (SSSR count). The number of carbonyl (C=O) groups excluding carboxylic acids is 2. The van der Waals surface area contributed by atoms with E-state index in [0.29, 0.717) is 23.7 Å². The average molecular weight is 772 g/mol. The molecule has 0 radical (unpaired) electrons. The largest absolute Gasteiger partial charge is 0.476 e. The van der Waals surface area contributed by atoms with Gasteiger partial charge in [-0.2, -0.15) is 0 Å². The molecule has 3 saturated carbocycles. The SMILES string of the molecule is CCCC1C[C@@]2(C)C(=CCC3C2CC[C@@]2(C)C3CC[C@@H]2[C@H](C)CCCC(C)C)CC1[C@](C(=O)O)(C(=O)C(=O)ON(C)C)[N+](C)(C)C.I. The van der Waals surface area contributed by atoms with Crippen LogP contribution in [0.5, 0.6) is 0 Å². The number of Topliss-reactive ketones (excluding diaryl/α,β-unsaturated/α-hetero) is 1. The molecular formula is C39H68IN2O5+. The van der Waals surface area contributed by atoms with Gasteiger partial charge in [-0.1, -0.05) is 85.3 Å². The monoisotopic (exact) mass is 771 g/mol. The minimum absolute atomic E-state index is 0. The van der Waals surface area contributed by atoms with Gasteiger partial charge in [-0.15, -0.1) is 29.0 Å². The molecule has 0 aliphatic heterocycles. The van der Waals surface area contributed by atoms with Gasteiger partial charge in [0, 0.05) is 20.0 Å². The first-order valence-corrected chi connectivity index (χ1v) is 18.5. The van der Waals surface area contributed by atoms with Gasteiger partial charge in [-0.25, -0.2) is 9.59 Å². The van der Waals surface area contributed by atoms with Crippen molar-refractivity contribution < 1.29 is 28.8 Å². The van der Waals surface area contributed by atoms with Crippen LogP contribution in [0.2, 0.25) is 0 Å². The molecule has 4 aliphatic carbocycles. The van der Waals surface area contributed by atoms with E-state index in [1.807, 2.05) is 0 Å². The molecule has 8 heteroatoms. The third-order valence-electron chi connectivity index (χ3n) is 13.9. The Morgan fingerprint density at radius 1 is 1.06 bits per heavy atom. The number of carboxylic acids is 1. The number of fused-ring (bicyclic) bond motifs is 5. The second-order valence-electron chi connectivity index (χ2n) is 18.0. The number of carbonyl (C=O) groups is 3. The maximum Gasteiger partial charge on any atom is 0.400 e. The highest BCUT2D eigenvalue weighted by molar-refractivity contribution is 14.0. The van der Waals surface area contributed by atoms with Crippen LogP contribution in [0.1, 0.15) is 119 Å². The number of halogens is 1. The number of carboxylic acid groups (broad SMARTS) is 1. The predicted molar refractivity (Wildman–Crippen MR) is 199 cm³/mol. The van der Waals surface area contributed by atoms with Crippen molar-refractivity contribution in [2.75, 3.05) is 35.2 Å². The summed E-state index contributed by atoms with van der Waals surface area (Å²) >= 11 is 0. The Morgan fingerprint density at radius 2 is 1.72 bits per heavy atom. The summed E-state index contributed by atoms with van der Waals surface area (Å²) in [5, 5.41) is 12.2. The number of likely N-dealkylation sites (N-methyl/N-ethyl adjacent to an activating group) is 1. The average Bonchev–Trinajstić information content (AvgIpc) is 3.29. The summed E-state index contributed by atoms with van der Waals surface area (Å²) in [5.74, 6) is 0.596. The van der Waals surface area contributed by atoms with E-state index in [-0.39, 0.29) is 39.8 Å². The topological polar surface area (TPSA) is 83.9 Å². The Morgan fingerprint density at radius 3 is 2.28 bits per heavy atom. The molecular weight excluding hydrogens is 703 g/mol. The molecule has 0 heterocycles. The summed E-state index contributed by atoms with van der Waals surface area (Å²) in [6.45, 7) is 14.4. The lowest BCUT2D eigenvalue weighted by Gasteiger charge is -2.61. The van der Waals surface area contributed by atoms with E-state index in [2.05, 4.69) is 47.6 Å². The van der Waals surface area contributed by atoms with Gasteiger partial charge in [0.05, 0.1) is 21.1 Å². The Hall–Kier alpha value is -1.00. The van der Waals surface area contributed by atoms with Gasteiger partial charge in [0.25, 0.3) is 5.54 Å². The fraction of sp³-hybridized carbons (Fsp3) is 0.872. The van der Waals surface area contributed by atoms with Gasteiger partial charge in [0.15, 0.2) is 0 Å². The Kier molecular flexibility index (Phi) is 13.0. The first-order chi connectivity index (χ1) is 21.4. The first kappa shape index (κ1) is 40.4. The van der Waals surface area contributed by atoms with Crippen LogP contribution in [0, 0.1) is 58.2 Å². The Bertz CT molecular complexity index is 1180. The van der Waals surface area contributed by atoms with E-state index in [0.717, 1.165) is 49.4 Å². The Labute approximate surface area is 303 Å². The fourth-order valence-corrected chi connectivity index (χ4v) is 11.9. The van der Waals surface area contributed by atoms with Crippen LogP contribution in [-0.2, 0) is 19.2 Å². The van der Waals surface area contributed by atoms with Gasteiger partial charge in [0.2, 0.25) is 0 Å². The minimum atomic E-state index is -1.94. The normalized spacial score (nSPS) is 35.5. The number of nitrogens with zero attached hydrogens (tertiary/aromatic N) is 2. The number of hydrogen-bond donors (Lipinski definition) is 1. The number of allylic oxidation sites excluding steroid dienone is 2. The smallest absolute Gasteiger partial charge is 0.400 e. The molecule has 5 unspecified atom stereocenters. The second-order valence-corrected chi connectivity index (χ2v) is 18.0. The van der Waals surface area contributed by atoms with E-state index >= 15 is 0 Å². The molecule has 0 bridgehead atoms. The molecule has 0 aromatic heterocycles. The lowest BCUT2D eigenvalue weighted by molar-refractivity contribution is -0.908. The molecule has 0 amide bonds. The van der Waals surface area contributed by atoms with E-state index in [1.54, 1.807) is 21.1 Å². The molecule has 47 heavy (non-hydrogen) atoms. The molecule has 10 atom stereocenters. The lowest BCUT2D eigenvalue weighted by Crippen LogP contribution is -2.74. The van der Waals surface area contributed by atoms with Gasteiger partial charge < -0.3 is 14.4 Å². The maximum absolute atomic E-state index is 14.1. The zero-order valence-electron chi connectivity index (χ0n) is 31.6. The number of hydroxylamine groups is 2. The summed E-state index contributed by atoms with van der Waals surface area (Å²) in [7, 11) is 8.31. The zero-order chi connectivity index (χ0) is 34.4. The van der Waals surface area contributed by atoms with Crippen LogP contribution in [0.15, 0.2) is 11.6 Å². The molecule has 7 nitrogen and oxygen atoms in total. The molecule has 270 valence electrons. The summed E-state index contributed by atoms with van der Waals surface area (Å²) < 4.78 is -0.165. The van der Waals surface area contributed by atoms with Crippen molar-refractivity contribution in [1.29, 1.82) is 0 Å². The number of quaternary nitrogens is 1. The highest BCUT2D eigenvalue weighted by Crippen LogP contribution is 2.69. The molecule has 0 saturated heterocycles. The summed E-state index contributed by atoms with van der Waals surface area (Å²) in [6, 6.07) is 0. The van der Waals surface area contributed by atoms with Crippen LogP contribution in [-0.4, -0.2) is 73.2 Å². The van der Waals surface area contributed by atoms with Gasteiger partial charge in [-0.3, -0.25) is 4.79 Å². The number of aliphatic carboxylic acids is 1. The maximum atomic E-state index is 14.1. The van der Waals surface area contributed by atoms with Crippen LogP contribution >= 0.6 is 24.0 Å². The first-order valence-electron chi connectivity index (χ1n) is 18.5. The van der Waals surface area contributed by atoms with Crippen molar-refractivity contribution in [2.24, 2.45) is 58.2 Å². The highest BCUT2D eigenvalue weighted by Gasteiger charge is 2.69. The quantitative estimate of drug-likeness (QED) is 0.0506. The molecule has 1 N–H and O–H groups in total. The van der Waals surface area contributed by atoms with Gasteiger partial charge in [-0.05, 0) is 97.2 Å². The number of rotatable bonds is 13. The third kappa shape index (κ3) is 7.13. The summed E-state index contributed by atoms with van der Waals surface area (Å²) in [5.41, 5.74) is -0.216. The van der Waals surface area contributed by atoms with Crippen LogP contribution in [0.25, 0.3) is 0 Å². The molecule has 4 aliphatic rings. The number of hydrogen-bond acceptors (Lipinski definition) is 5. The minimum Gasteiger partial charge on any atom is -0.476 e. The summed E-state index contributed by atoms with van der Waals surface area (Å²) in [6.07, 6.45) is 15.9. The van der Waals surface area contributed by atoms with E-state index < -0.39 is 29.2 Å². The van der Waals surface area contributed by atoms with Crippen LogP contribution in [0.3, 0.4) is 0 Å². The summed E-state index contributed by atoms with van der Waals surface area (Å²) in [4.78, 5) is 46.0. The molecule has 0 aromatic carbocycles. The van der Waals surface area contributed by atoms with Gasteiger partial charge >= 0.3 is 17.7 Å².